The first kappa shape index (κ1) is 17.5. The molecule has 0 spiro atoms. The third-order valence-electron chi connectivity index (χ3n) is 2.89. The van der Waals surface area contributed by atoms with Crippen LogP contribution in [0, 0.1) is 11.8 Å². The number of rotatable bonds is 7. The number of benzene rings is 1. The van der Waals surface area contributed by atoms with Crippen molar-refractivity contribution >= 4 is 11.9 Å². The highest BCUT2D eigenvalue weighted by atomic mass is 16.5. The lowest BCUT2D eigenvalue weighted by Gasteiger charge is -2.01. The molecular formula is C18H21NO3. The predicted octanol–water partition coefficient (Wildman–Crippen LogP) is 2.44. The number of hydrogen-bond donors (Lipinski definition) is 1. The molecule has 4 nitrogen and oxygen atoms in total. The van der Waals surface area contributed by atoms with E-state index in [4.69, 9.17) is 0 Å². The van der Waals surface area contributed by atoms with Gasteiger partial charge in [0, 0.05) is 24.6 Å². The van der Waals surface area contributed by atoms with Crippen LogP contribution in [0.25, 0.3) is 0 Å². The Morgan fingerprint density at radius 2 is 1.95 bits per heavy atom. The number of esters is 1. The minimum absolute atomic E-state index is 0.157. The van der Waals surface area contributed by atoms with Crippen LogP contribution in [0.4, 0.5) is 0 Å². The van der Waals surface area contributed by atoms with Gasteiger partial charge < -0.3 is 10.1 Å². The summed E-state index contributed by atoms with van der Waals surface area (Å²) in [5, 5.41) is 2.77. The fourth-order valence-electron chi connectivity index (χ4n) is 1.71. The van der Waals surface area contributed by atoms with Crippen LogP contribution in [-0.4, -0.2) is 25.5 Å². The predicted molar refractivity (Wildman–Crippen MR) is 86.0 cm³/mol. The number of unbranched alkanes of at least 4 members (excludes halogenated alkanes) is 2. The van der Waals surface area contributed by atoms with E-state index in [1.807, 2.05) is 30.3 Å². The Morgan fingerprint density at radius 1 is 1.18 bits per heavy atom. The lowest BCUT2D eigenvalue weighted by Crippen LogP contribution is -2.22. The molecule has 0 aromatic heterocycles. The smallest absolute Gasteiger partial charge is 0.305 e. The molecule has 0 bridgehead atoms. The van der Waals surface area contributed by atoms with Gasteiger partial charge in [0.25, 0.3) is 0 Å². The maximum absolute atomic E-state index is 11.5. The summed E-state index contributed by atoms with van der Waals surface area (Å²) < 4.78 is 4.55. The van der Waals surface area contributed by atoms with Gasteiger partial charge in [-0.05, 0) is 31.1 Å². The number of carbonyl (C=O) groups is 2. The van der Waals surface area contributed by atoms with Gasteiger partial charge in [-0.3, -0.25) is 9.59 Å². The van der Waals surface area contributed by atoms with Crippen molar-refractivity contribution in [3.63, 3.8) is 0 Å². The zero-order chi connectivity index (χ0) is 16.0. The van der Waals surface area contributed by atoms with Crippen molar-refractivity contribution in [2.24, 2.45) is 0 Å². The van der Waals surface area contributed by atoms with Crippen molar-refractivity contribution in [3.8, 4) is 11.8 Å². The zero-order valence-corrected chi connectivity index (χ0v) is 12.8. The van der Waals surface area contributed by atoms with Crippen LogP contribution in [0.2, 0.25) is 0 Å². The molecule has 116 valence electrons. The SMILES string of the molecule is COC(=O)CCCCCNC(=O)/C=C/C#Cc1ccccc1. The van der Waals surface area contributed by atoms with Crippen molar-refractivity contribution in [1.82, 2.24) is 5.32 Å². The van der Waals surface area contributed by atoms with Crippen molar-refractivity contribution in [2.75, 3.05) is 13.7 Å². The molecule has 0 radical (unpaired) electrons. The van der Waals surface area contributed by atoms with E-state index in [2.05, 4.69) is 21.9 Å². The number of methoxy groups -OCH3 is 1. The summed E-state index contributed by atoms with van der Waals surface area (Å²) >= 11 is 0. The van der Waals surface area contributed by atoms with Gasteiger partial charge in [-0.2, -0.15) is 0 Å². The van der Waals surface area contributed by atoms with Gasteiger partial charge in [-0.15, -0.1) is 0 Å². The lowest BCUT2D eigenvalue weighted by atomic mass is 10.2. The standard InChI is InChI=1S/C18H21NO3/c1-22-18(21)14-6-3-9-15-19-17(20)13-8-7-12-16-10-4-2-5-11-16/h2,4-5,8,10-11,13H,3,6,9,14-15H2,1H3,(H,19,20)/b13-8+. The largest absolute Gasteiger partial charge is 0.469 e. The lowest BCUT2D eigenvalue weighted by molar-refractivity contribution is -0.140. The highest BCUT2D eigenvalue weighted by Crippen LogP contribution is 2.00. The van der Waals surface area contributed by atoms with Crippen LogP contribution in [0.3, 0.4) is 0 Å². The third kappa shape index (κ3) is 8.60. The summed E-state index contributed by atoms with van der Waals surface area (Å²) in [4.78, 5) is 22.4. The summed E-state index contributed by atoms with van der Waals surface area (Å²) in [7, 11) is 1.38. The molecule has 0 heterocycles. The van der Waals surface area contributed by atoms with E-state index in [9.17, 15) is 9.59 Å². The Morgan fingerprint density at radius 3 is 2.68 bits per heavy atom. The molecule has 1 N–H and O–H groups in total. The van der Waals surface area contributed by atoms with E-state index in [0.29, 0.717) is 13.0 Å². The second kappa shape index (κ2) is 11.2. The van der Waals surface area contributed by atoms with E-state index in [-0.39, 0.29) is 11.9 Å². The number of carbonyl (C=O) groups excluding carboxylic acids is 2. The van der Waals surface area contributed by atoms with Crippen LogP contribution >= 0.6 is 0 Å². The Hall–Kier alpha value is -2.54. The van der Waals surface area contributed by atoms with Crippen molar-refractivity contribution in [2.45, 2.75) is 25.7 Å². The molecule has 0 fully saturated rings. The first-order valence-corrected chi connectivity index (χ1v) is 7.30. The molecule has 1 amide bonds. The molecule has 0 aliphatic rings. The Bertz CT molecular complexity index is 553. The van der Waals surface area contributed by atoms with Gasteiger partial charge in [0.2, 0.25) is 5.91 Å². The monoisotopic (exact) mass is 299 g/mol. The van der Waals surface area contributed by atoms with Gasteiger partial charge in [0.05, 0.1) is 7.11 Å². The Labute approximate surface area is 131 Å². The number of amides is 1. The van der Waals surface area contributed by atoms with Crippen LogP contribution < -0.4 is 5.32 Å². The maximum Gasteiger partial charge on any atom is 0.305 e. The second-order valence-corrected chi connectivity index (χ2v) is 4.65. The average Bonchev–Trinajstić information content (AvgIpc) is 2.55. The van der Waals surface area contributed by atoms with Crippen LogP contribution in [-0.2, 0) is 14.3 Å². The quantitative estimate of drug-likeness (QED) is 0.364. The van der Waals surface area contributed by atoms with Gasteiger partial charge in [-0.1, -0.05) is 36.5 Å². The summed E-state index contributed by atoms with van der Waals surface area (Å²) in [5.74, 6) is 5.41. The second-order valence-electron chi connectivity index (χ2n) is 4.65. The van der Waals surface area contributed by atoms with Crippen molar-refractivity contribution in [1.29, 1.82) is 0 Å². The number of hydrogen-bond acceptors (Lipinski definition) is 3. The topological polar surface area (TPSA) is 55.4 Å². The number of allylic oxidation sites excluding steroid dienone is 1. The highest BCUT2D eigenvalue weighted by molar-refractivity contribution is 5.87. The fourth-order valence-corrected chi connectivity index (χ4v) is 1.71. The first-order valence-electron chi connectivity index (χ1n) is 7.30. The number of ether oxygens (including phenoxy) is 1. The molecule has 0 saturated carbocycles. The molecule has 0 aliphatic heterocycles. The van der Waals surface area contributed by atoms with Crippen molar-refractivity contribution < 1.29 is 14.3 Å². The summed E-state index contributed by atoms with van der Waals surface area (Å²) in [6.45, 7) is 0.594. The van der Waals surface area contributed by atoms with Gasteiger partial charge in [0.15, 0.2) is 0 Å². The molecule has 1 aromatic carbocycles. The van der Waals surface area contributed by atoms with E-state index in [1.54, 1.807) is 6.08 Å². The van der Waals surface area contributed by atoms with E-state index in [0.717, 1.165) is 24.8 Å². The van der Waals surface area contributed by atoms with Crippen LogP contribution in [0.15, 0.2) is 42.5 Å². The normalized spacial score (nSPS) is 9.86. The maximum atomic E-state index is 11.5. The molecule has 22 heavy (non-hydrogen) atoms. The Balaban J connectivity index is 2.12. The van der Waals surface area contributed by atoms with Crippen LogP contribution in [0.1, 0.15) is 31.2 Å². The first-order chi connectivity index (χ1) is 10.7. The molecule has 0 saturated heterocycles. The van der Waals surface area contributed by atoms with Gasteiger partial charge in [0.1, 0.15) is 0 Å². The van der Waals surface area contributed by atoms with E-state index >= 15 is 0 Å². The van der Waals surface area contributed by atoms with Crippen molar-refractivity contribution in [3.05, 3.63) is 48.0 Å². The van der Waals surface area contributed by atoms with Crippen LogP contribution in [0.5, 0.6) is 0 Å². The average molecular weight is 299 g/mol. The molecule has 4 heteroatoms. The van der Waals surface area contributed by atoms with Gasteiger partial charge >= 0.3 is 5.97 Å². The molecule has 1 aromatic rings. The summed E-state index contributed by atoms with van der Waals surface area (Å²) in [6, 6.07) is 9.59. The zero-order valence-electron chi connectivity index (χ0n) is 12.8. The third-order valence-corrected chi connectivity index (χ3v) is 2.89. The molecule has 0 aliphatic carbocycles. The summed E-state index contributed by atoms with van der Waals surface area (Å²) in [5.41, 5.74) is 0.915. The molecule has 0 atom stereocenters. The van der Waals surface area contributed by atoms with E-state index in [1.165, 1.54) is 13.2 Å². The minimum Gasteiger partial charge on any atom is -0.469 e. The molecule has 1 rings (SSSR count). The molecule has 0 unspecified atom stereocenters. The minimum atomic E-state index is -0.191. The molecular weight excluding hydrogens is 278 g/mol. The fraction of sp³-hybridized carbons (Fsp3) is 0.333. The highest BCUT2D eigenvalue weighted by Gasteiger charge is 1.99. The van der Waals surface area contributed by atoms with Gasteiger partial charge in [-0.25, -0.2) is 0 Å². The summed E-state index contributed by atoms with van der Waals surface area (Å²) in [6.07, 6.45) is 5.89. The van der Waals surface area contributed by atoms with E-state index < -0.39 is 0 Å². The Kier molecular flexibility index (Phi) is 8.88. The number of nitrogens with one attached hydrogen (secondary N) is 1.